The Morgan fingerprint density at radius 1 is 1.43 bits per heavy atom. The van der Waals surface area contributed by atoms with Crippen LogP contribution in [0.4, 0.5) is 0 Å². The second kappa shape index (κ2) is 5.73. The summed E-state index contributed by atoms with van der Waals surface area (Å²) in [6.07, 6.45) is 4.17. The molecule has 0 radical (unpaired) electrons. The fraction of sp³-hybridized carbons (Fsp3) is 0.357. The van der Waals surface area contributed by atoms with Crippen molar-refractivity contribution < 1.29 is 18.7 Å². The van der Waals surface area contributed by atoms with Gasteiger partial charge in [-0.3, -0.25) is 0 Å². The van der Waals surface area contributed by atoms with Crippen LogP contribution in [0.5, 0.6) is 5.88 Å². The van der Waals surface area contributed by atoms with Crippen LogP contribution in [-0.4, -0.2) is 23.0 Å². The minimum Gasteiger partial charge on any atom is -0.468 e. The van der Waals surface area contributed by atoms with Crippen molar-refractivity contribution in [1.82, 2.24) is 9.97 Å². The van der Waals surface area contributed by atoms with E-state index in [-0.39, 0.29) is 18.2 Å². The van der Waals surface area contributed by atoms with Crippen molar-refractivity contribution >= 4 is 17.6 Å². The third-order valence-electron chi connectivity index (χ3n) is 3.26. The first-order chi connectivity index (χ1) is 10.2. The maximum atomic E-state index is 11.3. The lowest BCUT2D eigenvalue weighted by atomic mass is 10.2. The summed E-state index contributed by atoms with van der Waals surface area (Å²) in [6, 6.07) is 1.69. The Hall–Kier alpha value is -2.08. The molecular formula is C14H13ClN2O4. The van der Waals surface area contributed by atoms with Crippen molar-refractivity contribution in [1.29, 1.82) is 0 Å². The number of fused-ring (bicyclic) bond motifs is 1. The van der Waals surface area contributed by atoms with Gasteiger partial charge in [0.2, 0.25) is 11.8 Å². The summed E-state index contributed by atoms with van der Waals surface area (Å²) < 4.78 is 15.2. The average molecular weight is 309 g/mol. The smallest absolute Gasteiger partial charge is 0.360 e. The highest BCUT2D eigenvalue weighted by Crippen LogP contribution is 2.30. The Labute approximate surface area is 126 Å². The molecule has 2 aromatic heterocycles. The number of aryl methyl sites for hydroxylation is 1. The molecular weight excluding hydrogens is 296 g/mol. The van der Waals surface area contributed by atoms with Crippen LogP contribution in [0.15, 0.2) is 16.7 Å². The van der Waals surface area contributed by atoms with Crippen LogP contribution in [0.2, 0.25) is 5.02 Å². The fourth-order valence-corrected chi connectivity index (χ4v) is 2.55. The quantitative estimate of drug-likeness (QED) is 0.808. The standard InChI is InChI=1S/C14H13ClN2O4/c1-19-14(18)11-6-20-13(17-11)7-21-12-5-9(15)8-3-2-4-10(8)16-12/h5-6H,2-4,7H2,1H3. The molecule has 0 fully saturated rings. The Bertz CT molecular complexity index is 684. The predicted octanol–water partition coefficient (Wildman–Crippen LogP) is 2.58. The van der Waals surface area contributed by atoms with Gasteiger partial charge in [0.05, 0.1) is 12.1 Å². The first kappa shape index (κ1) is 13.9. The largest absolute Gasteiger partial charge is 0.468 e. The van der Waals surface area contributed by atoms with Crippen molar-refractivity contribution in [3.05, 3.63) is 40.2 Å². The van der Waals surface area contributed by atoms with Gasteiger partial charge in [-0.25, -0.2) is 14.8 Å². The molecule has 2 heterocycles. The van der Waals surface area contributed by atoms with Crippen LogP contribution in [0.25, 0.3) is 0 Å². The van der Waals surface area contributed by atoms with Crippen molar-refractivity contribution in [2.75, 3.05) is 7.11 Å². The lowest BCUT2D eigenvalue weighted by Gasteiger charge is -2.07. The van der Waals surface area contributed by atoms with Gasteiger partial charge < -0.3 is 13.9 Å². The number of halogens is 1. The molecule has 0 unspecified atom stereocenters. The lowest BCUT2D eigenvalue weighted by Crippen LogP contribution is -2.03. The molecule has 0 aromatic carbocycles. The van der Waals surface area contributed by atoms with Crippen molar-refractivity contribution in [2.45, 2.75) is 25.9 Å². The molecule has 0 bridgehead atoms. The number of hydrogen-bond acceptors (Lipinski definition) is 6. The summed E-state index contributed by atoms with van der Waals surface area (Å²) in [5.74, 6) is 0.149. The number of carbonyl (C=O) groups excluding carboxylic acids is 1. The normalized spacial score (nSPS) is 13.0. The predicted molar refractivity (Wildman–Crippen MR) is 73.4 cm³/mol. The van der Waals surface area contributed by atoms with Crippen LogP contribution in [0.3, 0.4) is 0 Å². The molecule has 1 aliphatic carbocycles. The van der Waals surface area contributed by atoms with Crippen LogP contribution in [0.1, 0.15) is 34.1 Å². The summed E-state index contributed by atoms with van der Waals surface area (Å²) in [4.78, 5) is 19.6. The summed E-state index contributed by atoms with van der Waals surface area (Å²) in [7, 11) is 1.28. The highest BCUT2D eigenvalue weighted by atomic mass is 35.5. The SMILES string of the molecule is COC(=O)c1coc(COc2cc(Cl)c3c(n2)CCC3)n1. The maximum Gasteiger partial charge on any atom is 0.360 e. The van der Waals surface area contributed by atoms with Gasteiger partial charge in [0.1, 0.15) is 6.26 Å². The van der Waals surface area contributed by atoms with Gasteiger partial charge in [-0.05, 0) is 24.8 Å². The molecule has 0 saturated heterocycles. The van der Waals surface area contributed by atoms with Gasteiger partial charge in [-0.2, -0.15) is 0 Å². The zero-order chi connectivity index (χ0) is 14.8. The molecule has 3 rings (SSSR count). The van der Waals surface area contributed by atoms with E-state index in [2.05, 4.69) is 14.7 Å². The van der Waals surface area contributed by atoms with Crippen molar-refractivity contribution in [3.63, 3.8) is 0 Å². The molecule has 7 heteroatoms. The first-order valence-electron chi connectivity index (χ1n) is 6.51. The van der Waals surface area contributed by atoms with Gasteiger partial charge in [-0.1, -0.05) is 11.6 Å². The Kier molecular flexibility index (Phi) is 3.79. The number of pyridine rings is 1. The zero-order valence-corrected chi connectivity index (χ0v) is 12.1. The minimum atomic E-state index is -0.552. The monoisotopic (exact) mass is 308 g/mol. The zero-order valence-electron chi connectivity index (χ0n) is 11.4. The van der Waals surface area contributed by atoms with E-state index < -0.39 is 5.97 Å². The number of rotatable bonds is 4. The summed E-state index contributed by atoms with van der Waals surface area (Å²) in [5, 5.41) is 0.676. The third-order valence-corrected chi connectivity index (χ3v) is 3.60. The minimum absolute atomic E-state index is 0.0686. The molecule has 110 valence electrons. The van der Waals surface area contributed by atoms with Crippen molar-refractivity contribution in [3.8, 4) is 5.88 Å². The van der Waals surface area contributed by atoms with E-state index in [1.54, 1.807) is 6.07 Å². The van der Waals surface area contributed by atoms with Gasteiger partial charge in [0, 0.05) is 11.8 Å². The molecule has 0 aliphatic heterocycles. The molecule has 0 saturated carbocycles. The number of hydrogen-bond donors (Lipinski definition) is 0. The van der Waals surface area contributed by atoms with Crippen molar-refractivity contribution in [2.24, 2.45) is 0 Å². The number of oxazole rings is 1. The fourth-order valence-electron chi connectivity index (χ4n) is 2.25. The summed E-state index contributed by atoms with van der Waals surface area (Å²) in [6.45, 7) is 0.0686. The third kappa shape index (κ3) is 2.85. The first-order valence-corrected chi connectivity index (χ1v) is 6.89. The highest BCUT2D eigenvalue weighted by molar-refractivity contribution is 6.31. The van der Waals surface area contributed by atoms with Gasteiger partial charge in [0.25, 0.3) is 0 Å². The highest BCUT2D eigenvalue weighted by Gasteiger charge is 2.18. The Balaban J connectivity index is 1.69. The van der Waals surface area contributed by atoms with Gasteiger partial charge in [0.15, 0.2) is 12.3 Å². The van der Waals surface area contributed by atoms with E-state index in [0.717, 1.165) is 30.5 Å². The molecule has 0 atom stereocenters. The molecule has 21 heavy (non-hydrogen) atoms. The second-order valence-electron chi connectivity index (χ2n) is 4.63. The molecule has 2 aromatic rings. The number of esters is 1. The number of carbonyl (C=O) groups is 1. The lowest BCUT2D eigenvalue weighted by molar-refractivity contribution is 0.0594. The topological polar surface area (TPSA) is 74.5 Å². The number of ether oxygens (including phenoxy) is 2. The van der Waals surface area contributed by atoms with E-state index in [1.807, 2.05) is 0 Å². The average Bonchev–Trinajstić information content (AvgIpc) is 3.13. The molecule has 0 spiro atoms. The molecule has 6 nitrogen and oxygen atoms in total. The number of nitrogens with zero attached hydrogens (tertiary/aromatic N) is 2. The molecule has 0 N–H and O–H groups in total. The van der Waals surface area contributed by atoms with Crippen LogP contribution >= 0.6 is 11.6 Å². The van der Waals surface area contributed by atoms with E-state index >= 15 is 0 Å². The van der Waals surface area contributed by atoms with Crippen LogP contribution < -0.4 is 4.74 Å². The van der Waals surface area contributed by atoms with E-state index in [9.17, 15) is 4.79 Å². The van der Waals surface area contributed by atoms with Crippen LogP contribution in [-0.2, 0) is 24.2 Å². The summed E-state index contributed by atoms with van der Waals surface area (Å²) in [5.41, 5.74) is 2.20. The van der Waals surface area contributed by atoms with E-state index in [0.29, 0.717) is 10.9 Å². The summed E-state index contributed by atoms with van der Waals surface area (Å²) >= 11 is 6.20. The molecule has 1 aliphatic rings. The molecule has 0 amide bonds. The van der Waals surface area contributed by atoms with Gasteiger partial charge >= 0.3 is 5.97 Å². The second-order valence-corrected chi connectivity index (χ2v) is 5.04. The Morgan fingerprint density at radius 2 is 2.29 bits per heavy atom. The van der Waals surface area contributed by atoms with Gasteiger partial charge in [-0.15, -0.1) is 0 Å². The number of aromatic nitrogens is 2. The Morgan fingerprint density at radius 3 is 3.10 bits per heavy atom. The van der Waals surface area contributed by atoms with E-state index in [1.165, 1.54) is 13.4 Å². The van der Waals surface area contributed by atoms with E-state index in [4.69, 9.17) is 20.8 Å². The number of methoxy groups -OCH3 is 1. The maximum absolute atomic E-state index is 11.3. The van der Waals surface area contributed by atoms with Crippen LogP contribution in [0, 0.1) is 0 Å².